The van der Waals surface area contributed by atoms with Crippen LogP contribution in [-0.2, 0) is 4.79 Å². The van der Waals surface area contributed by atoms with Crippen molar-refractivity contribution < 1.29 is 14.1 Å². The predicted molar refractivity (Wildman–Crippen MR) is 107 cm³/mol. The number of nitriles is 1. The van der Waals surface area contributed by atoms with Crippen LogP contribution in [0.2, 0.25) is 0 Å². The second-order valence-electron chi connectivity index (χ2n) is 5.64. The Labute approximate surface area is 168 Å². The Balaban J connectivity index is 1.81. The number of hydrogen-bond acceptors (Lipinski definition) is 5. The van der Waals surface area contributed by atoms with Crippen molar-refractivity contribution in [2.45, 2.75) is 0 Å². The lowest BCUT2D eigenvalue weighted by Gasteiger charge is -2.03. The molecular formula is C20H12BrN3O4. The van der Waals surface area contributed by atoms with Gasteiger partial charge in [0.15, 0.2) is 0 Å². The molecule has 2 aromatic carbocycles. The number of halogens is 1. The maximum absolute atomic E-state index is 12.3. The van der Waals surface area contributed by atoms with Gasteiger partial charge in [0.2, 0.25) is 0 Å². The van der Waals surface area contributed by atoms with Gasteiger partial charge in [-0.15, -0.1) is 0 Å². The number of furan rings is 1. The van der Waals surface area contributed by atoms with Crippen molar-refractivity contribution in [2.75, 3.05) is 5.32 Å². The number of carbonyl (C=O) groups excluding carboxylic acids is 1. The van der Waals surface area contributed by atoms with Crippen LogP contribution < -0.4 is 5.32 Å². The van der Waals surface area contributed by atoms with Crippen molar-refractivity contribution >= 4 is 39.3 Å². The molecule has 0 aliphatic heterocycles. The van der Waals surface area contributed by atoms with Crippen LogP contribution in [0, 0.1) is 21.4 Å². The van der Waals surface area contributed by atoms with E-state index in [0.717, 1.165) is 4.47 Å². The zero-order valence-corrected chi connectivity index (χ0v) is 15.8. The predicted octanol–water partition coefficient (Wildman–Crippen LogP) is 5.16. The highest BCUT2D eigenvalue weighted by molar-refractivity contribution is 9.10. The molecule has 0 saturated carbocycles. The van der Waals surface area contributed by atoms with Crippen molar-refractivity contribution in [3.63, 3.8) is 0 Å². The first kappa shape index (κ1) is 19.1. The quantitative estimate of drug-likeness (QED) is 0.256. The molecule has 138 valence electrons. The highest BCUT2D eigenvalue weighted by Gasteiger charge is 2.13. The summed E-state index contributed by atoms with van der Waals surface area (Å²) >= 11 is 3.31. The Kier molecular flexibility index (Phi) is 5.67. The molecule has 0 aliphatic carbocycles. The molecule has 0 bridgehead atoms. The summed E-state index contributed by atoms with van der Waals surface area (Å²) in [5.41, 5.74) is 0.873. The second kappa shape index (κ2) is 8.33. The van der Waals surface area contributed by atoms with Gasteiger partial charge in [0.1, 0.15) is 23.2 Å². The highest BCUT2D eigenvalue weighted by Crippen LogP contribution is 2.26. The van der Waals surface area contributed by atoms with Gasteiger partial charge in [-0.1, -0.05) is 28.1 Å². The summed E-state index contributed by atoms with van der Waals surface area (Å²) in [5, 5.41) is 22.8. The molecule has 8 heteroatoms. The molecule has 7 nitrogen and oxygen atoms in total. The van der Waals surface area contributed by atoms with Gasteiger partial charge in [0.05, 0.1) is 4.92 Å². The fourth-order valence-electron chi connectivity index (χ4n) is 2.38. The molecule has 0 aliphatic rings. The monoisotopic (exact) mass is 437 g/mol. The number of anilines is 1. The molecule has 1 N–H and O–H groups in total. The average Bonchev–Trinajstić information content (AvgIpc) is 3.16. The fraction of sp³-hybridized carbons (Fsp3) is 0. The lowest BCUT2D eigenvalue weighted by molar-refractivity contribution is -0.384. The molecule has 1 heterocycles. The van der Waals surface area contributed by atoms with Crippen LogP contribution in [0.5, 0.6) is 0 Å². The zero-order valence-electron chi connectivity index (χ0n) is 14.3. The van der Waals surface area contributed by atoms with Crippen LogP contribution in [0.4, 0.5) is 11.4 Å². The number of benzene rings is 2. The minimum atomic E-state index is -0.571. The SMILES string of the molecule is N#C/C(=C/c1ccc(-c2cccc([N+](=O)[O-])c2)o1)C(=O)Nc1ccc(Br)cc1. The van der Waals surface area contributed by atoms with Gasteiger partial charge in [-0.3, -0.25) is 14.9 Å². The summed E-state index contributed by atoms with van der Waals surface area (Å²) in [6.07, 6.45) is 1.31. The van der Waals surface area contributed by atoms with Crippen LogP contribution in [0.1, 0.15) is 5.76 Å². The van der Waals surface area contributed by atoms with Gasteiger partial charge >= 0.3 is 0 Å². The van der Waals surface area contributed by atoms with E-state index in [-0.39, 0.29) is 17.0 Å². The third-order valence-electron chi connectivity index (χ3n) is 3.72. The smallest absolute Gasteiger partial charge is 0.270 e. The van der Waals surface area contributed by atoms with Crippen molar-refractivity contribution in [1.82, 2.24) is 0 Å². The van der Waals surface area contributed by atoms with Crippen LogP contribution in [0.3, 0.4) is 0 Å². The molecule has 28 heavy (non-hydrogen) atoms. The molecule has 0 spiro atoms. The van der Waals surface area contributed by atoms with Gasteiger partial charge < -0.3 is 9.73 Å². The first-order valence-corrected chi connectivity index (χ1v) is 8.79. The number of non-ortho nitro benzene ring substituents is 1. The van der Waals surface area contributed by atoms with E-state index in [4.69, 9.17) is 4.42 Å². The van der Waals surface area contributed by atoms with Gasteiger partial charge in [-0.2, -0.15) is 5.26 Å². The van der Waals surface area contributed by atoms with Crippen LogP contribution in [0.25, 0.3) is 17.4 Å². The number of nitro benzene ring substituents is 1. The summed E-state index contributed by atoms with van der Waals surface area (Å²) in [7, 11) is 0. The average molecular weight is 438 g/mol. The van der Waals surface area contributed by atoms with E-state index >= 15 is 0 Å². The summed E-state index contributed by atoms with van der Waals surface area (Å²) in [5.74, 6) is 0.0997. The maximum atomic E-state index is 12.3. The number of nitrogens with one attached hydrogen (secondary N) is 1. The van der Waals surface area contributed by atoms with Crippen LogP contribution in [-0.4, -0.2) is 10.8 Å². The summed E-state index contributed by atoms with van der Waals surface area (Å²) in [6, 6.07) is 18.0. The van der Waals surface area contributed by atoms with Crippen molar-refractivity contribution in [3.05, 3.63) is 86.6 Å². The Bertz CT molecular complexity index is 1110. The molecule has 3 rings (SSSR count). The summed E-state index contributed by atoms with van der Waals surface area (Å²) < 4.78 is 6.48. The third-order valence-corrected chi connectivity index (χ3v) is 4.25. The Morgan fingerprint density at radius 1 is 1.18 bits per heavy atom. The lowest BCUT2D eigenvalue weighted by atomic mass is 10.1. The normalized spacial score (nSPS) is 10.9. The summed E-state index contributed by atoms with van der Waals surface area (Å²) in [4.78, 5) is 22.7. The number of carbonyl (C=O) groups is 1. The van der Waals surface area contributed by atoms with E-state index in [0.29, 0.717) is 17.0 Å². The van der Waals surface area contributed by atoms with E-state index < -0.39 is 10.8 Å². The van der Waals surface area contributed by atoms with Crippen molar-refractivity contribution in [2.24, 2.45) is 0 Å². The Morgan fingerprint density at radius 3 is 2.61 bits per heavy atom. The minimum absolute atomic E-state index is 0.0578. The second-order valence-corrected chi connectivity index (χ2v) is 6.56. The molecule has 0 atom stereocenters. The Morgan fingerprint density at radius 2 is 1.93 bits per heavy atom. The number of nitrogens with zero attached hydrogens (tertiary/aromatic N) is 2. The molecule has 1 amide bonds. The summed E-state index contributed by atoms with van der Waals surface area (Å²) in [6.45, 7) is 0. The largest absolute Gasteiger partial charge is 0.457 e. The van der Waals surface area contributed by atoms with Gasteiger partial charge in [-0.05, 0) is 36.4 Å². The van der Waals surface area contributed by atoms with Gasteiger partial charge in [-0.25, -0.2) is 0 Å². The Hall–Kier alpha value is -3.70. The van der Waals surface area contributed by atoms with Crippen LogP contribution >= 0.6 is 15.9 Å². The molecule has 0 saturated heterocycles. The highest BCUT2D eigenvalue weighted by atomic mass is 79.9. The van der Waals surface area contributed by atoms with Crippen molar-refractivity contribution in [1.29, 1.82) is 5.26 Å². The van der Waals surface area contributed by atoms with E-state index in [1.807, 2.05) is 6.07 Å². The van der Waals surface area contributed by atoms with E-state index in [2.05, 4.69) is 21.2 Å². The number of amides is 1. The van der Waals surface area contributed by atoms with Gasteiger partial charge in [0, 0.05) is 33.9 Å². The topological polar surface area (TPSA) is 109 Å². The van der Waals surface area contributed by atoms with E-state index in [9.17, 15) is 20.2 Å². The lowest BCUT2D eigenvalue weighted by Crippen LogP contribution is -2.13. The first-order valence-electron chi connectivity index (χ1n) is 7.99. The third kappa shape index (κ3) is 4.52. The standard InChI is InChI=1S/C20H12BrN3O4/c21-15-4-6-16(7-5-15)23-20(25)14(12-22)11-18-8-9-19(28-18)13-2-1-3-17(10-13)24(26)27/h1-11H,(H,23,25)/b14-11-. The van der Waals surface area contributed by atoms with Crippen molar-refractivity contribution in [3.8, 4) is 17.4 Å². The van der Waals surface area contributed by atoms with Crippen LogP contribution in [0.15, 0.2) is 75.1 Å². The molecule has 0 unspecified atom stereocenters. The number of rotatable bonds is 5. The minimum Gasteiger partial charge on any atom is -0.457 e. The first-order chi connectivity index (χ1) is 13.5. The fourth-order valence-corrected chi connectivity index (χ4v) is 2.65. The maximum Gasteiger partial charge on any atom is 0.270 e. The molecule has 3 aromatic rings. The molecule has 0 radical (unpaired) electrons. The van der Waals surface area contributed by atoms with Gasteiger partial charge in [0.25, 0.3) is 11.6 Å². The number of nitro groups is 1. The molecule has 0 fully saturated rings. The van der Waals surface area contributed by atoms with E-state index in [1.165, 1.54) is 18.2 Å². The molecule has 1 aromatic heterocycles. The zero-order chi connectivity index (χ0) is 20.1. The van der Waals surface area contributed by atoms with E-state index in [1.54, 1.807) is 48.5 Å². The number of hydrogen-bond donors (Lipinski definition) is 1. The molecular weight excluding hydrogens is 426 g/mol.